The van der Waals surface area contributed by atoms with E-state index in [-0.39, 0.29) is 17.5 Å². The van der Waals surface area contributed by atoms with Crippen molar-refractivity contribution in [1.29, 1.82) is 0 Å². The molecule has 1 fully saturated rings. The summed E-state index contributed by atoms with van der Waals surface area (Å²) < 4.78 is 21.6. The van der Waals surface area contributed by atoms with Gasteiger partial charge in [0.1, 0.15) is 11.6 Å². The SMILES string of the molecule is Cc1cn(-c2ccc(OC3CCCN(C(CO)c4ccc(F)c(Cl)c4)C3=O)cc2C)cn1. The van der Waals surface area contributed by atoms with E-state index >= 15 is 0 Å². The van der Waals surface area contributed by atoms with Gasteiger partial charge in [-0.25, -0.2) is 9.37 Å². The zero-order chi connectivity index (χ0) is 22.8. The first-order valence-electron chi connectivity index (χ1n) is 10.5. The van der Waals surface area contributed by atoms with E-state index in [1.807, 2.05) is 42.8 Å². The molecule has 2 unspecified atom stereocenters. The van der Waals surface area contributed by atoms with Crippen molar-refractivity contribution in [3.63, 3.8) is 0 Å². The van der Waals surface area contributed by atoms with Crippen LogP contribution < -0.4 is 4.74 Å². The Balaban J connectivity index is 1.51. The average Bonchev–Trinajstić information content (AvgIpc) is 3.19. The molecule has 2 atom stereocenters. The van der Waals surface area contributed by atoms with Gasteiger partial charge in [-0.1, -0.05) is 17.7 Å². The Morgan fingerprint density at radius 1 is 1.28 bits per heavy atom. The van der Waals surface area contributed by atoms with Crippen LogP contribution in [0.3, 0.4) is 0 Å². The fourth-order valence-corrected chi connectivity index (χ4v) is 4.29. The van der Waals surface area contributed by atoms with Crippen molar-refractivity contribution in [3.8, 4) is 11.4 Å². The Hall–Kier alpha value is -2.90. The van der Waals surface area contributed by atoms with Crippen LogP contribution >= 0.6 is 11.6 Å². The first kappa shape index (κ1) is 22.3. The second-order valence-corrected chi connectivity index (χ2v) is 8.43. The monoisotopic (exact) mass is 457 g/mol. The zero-order valence-electron chi connectivity index (χ0n) is 18.0. The third-order valence-corrected chi connectivity index (χ3v) is 6.03. The van der Waals surface area contributed by atoms with E-state index < -0.39 is 18.0 Å². The number of likely N-dealkylation sites (tertiary alicyclic amines) is 1. The van der Waals surface area contributed by atoms with Gasteiger partial charge in [-0.3, -0.25) is 4.79 Å². The van der Waals surface area contributed by atoms with Gasteiger partial charge in [-0.2, -0.15) is 0 Å². The van der Waals surface area contributed by atoms with Crippen molar-refractivity contribution < 1.29 is 19.0 Å². The summed E-state index contributed by atoms with van der Waals surface area (Å²) in [6, 6.07) is 9.31. The summed E-state index contributed by atoms with van der Waals surface area (Å²) in [7, 11) is 0. The third-order valence-electron chi connectivity index (χ3n) is 5.74. The first-order chi connectivity index (χ1) is 15.4. The van der Waals surface area contributed by atoms with Gasteiger partial charge < -0.3 is 19.3 Å². The van der Waals surface area contributed by atoms with Crippen molar-refractivity contribution >= 4 is 17.5 Å². The maximum atomic E-state index is 13.6. The summed E-state index contributed by atoms with van der Waals surface area (Å²) >= 11 is 5.91. The number of nitrogens with zero attached hydrogens (tertiary/aromatic N) is 3. The molecule has 1 aromatic heterocycles. The second kappa shape index (κ2) is 9.30. The number of imidazole rings is 1. The molecule has 8 heteroatoms. The molecule has 0 aliphatic carbocycles. The van der Waals surface area contributed by atoms with Crippen LogP contribution in [-0.4, -0.2) is 44.7 Å². The number of aliphatic hydroxyl groups excluding tert-OH is 1. The van der Waals surface area contributed by atoms with E-state index in [0.717, 1.165) is 23.4 Å². The molecule has 168 valence electrons. The third kappa shape index (κ3) is 4.49. The second-order valence-electron chi connectivity index (χ2n) is 8.02. The molecule has 0 bridgehead atoms. The molecule has 1 saturated heterocycles. The number of hydrogen-bond donors (Lipinski definition) is 1. The van der Waals surface area contributed by atoms with Crippen LogP contribution in [0.5, 0.6) is 5.75 Å². The molecular weight excluding hydrogens is 433 g/mol. The van der Waals surface area contributed by atoms with Crippen molar-refractivity contribution in [2.75, 3.05) is 13.2 Å². The van der Waals surface area contributed by atoms with E-state index in [9.17, 15) is 14.3 Å². The first-order valence-corrected chi connectivity index (χ1v) is 10.9. The van der Waals surface area contributed by atoms with Crippen molar-refractivity contribution in [2.24, 2.45) is 0 Å². The van der Waals surface area contributed by atoms with Crippen LogP contribution in [0.2, 0.25) is 5.02 Å². The highest BCUT2D eigenvalue weighted by Crippen LogP contribution is 2.30. The molecule has 32 heavy (non-hydrogen) atoms. The van der Waals surface area contributed by atoms with Gasteiger partial charge in [0.05, 0.1) is 29.7 Å². The van der Waals surface area contributed by atoms with E-state index in [4.69, 9.17) is 16.3 Å². The minimum atomic E-state index is -0.658. The Labute approximate surface area is 191 Å². The molecule has 4 rings (SSSR count). The minimum Gasteiger partial charge on any atom is -0.481 e. The lowest BCUT2D eigenvalue weighted by Gasteiger charge is -2.37. The van der Waals surface area contributed by atoms with Crippen LogP contribution in [0.25, 0.3) is 5.69 Å². The number of aryl methyl sites for hydroxylation is 2. The van der Waals surface area contributed by atoms with E-state index in [0.29, 0.717) is 24.3 Å². The summed E-state index contributed by atoms with van der Waals surface area (Å²) in [4.78, 5) is 19.1. The van der Waals surface area contributed by atoms with Gasteiger partial charge in [0.15, 0.2) is 6.10 Å². The molecule has 1 aliphatic rings. The highest BCUT2D eigenvalue weighted by molar-refractivity contribution is 6.30. The topological polar surface area (TPSA) is 67.6 Å². The quantitative estimate of drug-likeness (QED) is 0.596. The molecule has 1 amide bonds. The highest BCUT2D eigenvalue weighted by atomic mass is 35.5. The summed E-state index contributed by atoms with van der Waals surface area (Å²) in [6.07, 6.45) is 4.36. The summed E-state index contributed by atoms with van der Waals surface area (Å²) in [5.41, 5.74) is 3.50. The number of amides is 1. The smallest absolute Gasteiger partial charge is 0.264 e. The standard InChI is InChI=1S/C24H25ClFN3O3/c1-15-10-18(6-8-21(15)28-12-16(2)27-14-28)32-23-4-3-9-29(24(23)31)22(13-30)17-5-7-20(26)19(25)11-17/h5-8,10-12,14,22-23,30H,3-4,9,13H2,1-2H3. The number of rotatable bonds is 6. The molecule has 0 saturated carbocycles. The van der Waals surface area contributed by atoms with E-state index in [1.54, 1.807) is 17.3 Å². The Morgan fingerprint density at radius 2 is 2.09 bits per heavy atom. The van der Waals surface area contributed by atoms with Crippen molar-refractivity contribution in [2.45, 2.75) is 38.8 Å². The number of carbonyl (C=O) groups is 1. The number of carbonyl (C=O) groups excluding carboxylic acids is 1. The Morgan fingerprint density at radius 3 is 2.75 bits per heavy atom. The van der Waals surface area contributed by atoms with Gasteiger partial charge >= 0.3 is 0 Å². The average molecular weight is 458 g/mol. The summed E-state index contributed by atoms with van der Waals surface area (Å²) in [6.45, 7) is 4.10. The zero-order valence-corrected chi connectivity index (χ0v) is 18.7. The van der Waals surface area contributed by atoms with Crippen LogP contribution in [0.1, 0.15) is 35.7 Å². The molecule has 1 aliphatic heterocycles. The summed E-state index contributed by atoms with van der Waals surface area (Å²) in [5.74, 6) is -0.140. The van der Waals surface area contributed by atoms with Gasteiger partial charge in [-0.05, 0) is 68.1 Å². The molecule has 2 heterocycles. The molecule has 3 aromatic rings. The van der Waals surface area contributed by atoms with Gasteiger partial charge in [0.2, 0.25) is 0 Å². The minimum absolute atomic E-state index is 0.0399. The predicted octanol–water partition coefficient (Wildman–Crippen LogP) is 4.39. The fourth-order valence-electron chi connectivity index (χ4n) is 4.10. The number of aliphatic hydroxyl groups is 1. The number of hydrogen-bond acceptors (Lipinski definition) is 4. The lowest BCUT2D eigenvalue weighted by molar-refractivity contribution is -0.146. The molecule has 6 nitrogen and oxygen atoms in total. The number of benzene rings is 2. The van der Waals surface area contributed by atoms with Gasteiger partial charge in [-0.15, -0.1) is 0 Å². The number of aromatic nitrogens is 2. The van der Waals surface area contributed by atoms with Crippen LogP contribution in [0, 0.1) is 19.7 Å². The summed E-state index contributed by atoms with van der Waals surface area (Å²) in [5, 5.41) is 9.94. The molecule has 0 spiro atoms. The molecule has 0 radical (unpaired) electrons. The molecular formula is C24H25ClFN3O3. The number of halogens is 2. The van der Waals surface area contributed by atoms with Gasteiger partial charge in [0.25, 0.3) is 5.91 Å². The van der Waals surface area contributed by atoms with Gasteiger partial charge in [0, 0.05) is 18.4 Å². The van der Waals surface area contributed by atoms with Crippen LogP contribution in [0.15, 0.2) is 48.9 Å². The Kier molecular flexibility index (Phi) is 6.48. The van der Waals surface area contributed by atoms with Crippen molar-refractivity contribution in [1.82, 2.24) is 14.5 Å². The lowest BCUT2D eigenvalue weighted by atomic mass is 10.00. The fraction of sp³-hybridized carbons (Fsp3) is 0.333. The van der Waals surface area contributed by atoms with Crippen LogP contribution in [-0.2, 0) is 4.79 Å². The Bertz CT molecular complexity index is 1130. The predicted molar refractivity (Wildman–Crippen MR) is 120 cm³/mol. The largest absolute Gasteiger partial charge is 0.481 e. The van der Waals surface area contributed by atoms with E-state index in [2.05, 4.69) is 4.98 Å². The highest BCUT2D eigenvalue weighted by Gasteiger charge is 2.35. The van der Waals surface area contributed by atoms with Crippen LogP contribution in [0.4, 0.5) is 4.39 Å². The molecule has 1 N–H and O–H groups in total. The number of ether oxygens (including phenoxy) is 1. The van der Waals surface area contributed by atoms with E-state index in [1.165, 1.54) is 12.1 Å². The molecule has 2 aromatic carbocycles. The number of piperidine rings is 1. The maximum absolute atomic E-state index is 13.6. The lowest BCUT2D eigenvalue weighted by Crippen LogP contribution is -2.49. The van der Waals surface area contributed by atoms with Crippen molar-refractivity contribution in [3.05, 3.63) is 76.6 Å². The maximum Gasteiger partial charge on any atom is 0.264 e. The normalized spacial score (nSPS) is 17.5.